The van der Waals surface area contributed by atoms with Crippen LogP contribution in [0.2, 0.25) is 0 Å². The van der Waals surface area contributed by atoms with Crippen LogP contribution in [0.5, 0.6) is 0 Å². The van der Waals surface area contributed by atoms with Crippen molar-refractivity contribution >= 4 is 49.6 Å². The molecule has 18 heavy (non-hydrogen) atoms. The maximum absolute atomic E-state index is 11.6. The minimum Gasteiger partial charge on any atom is -0.457 e. The molecule has 3 nitrogen and oxygen atoms in total. The molecule has 0 saturated heterocycles. The fraction of sp³-hybridized carbons (Fsp3) is 0.250. The zero-order chi connectivity index (χ0) is 13.4. The number of hydrogen-bond acceptors (Lipinski definition) is 4. The minimum absolute atomic E-state index is 0.261. The van der Waals surface area contributed by atoms with Crippen LogP contribution in [0.15, 0.2) is 38.6 Å². The Morgan fingerprint density at radius 3 is 2.67 bits per heavy atom. The monoisotopic (exact) mass is 393 g/mol. The number of carbonyl (C=O) groups is 1. The molecule has 0 radical (unpaired) electrons. The summed E-state index contributed by atoms with van der Waals surface area (Å²) in [5.74, 6) is 0.400. The molecule has 0 unspecified atom stereocenters. The zero-order valence-corrected chi connectivity index (χ0v) is 13.6. The van der Waals surface area contributed by atoms with E-state index in [0.717, 1.165) is 15.8 Å². The van der Waals surface area contributed by atoms with Gasteiger partial charge in [-0.1, -0.05) is 28.1 Å². The van der Waals surface area contributed by atoms with Crippen molar-refractivity contribution in [2.24, 2.45) is 5.73 Å². The molecule has 98 valence electrons. The van der Waals surface area contributed by atoms with Gasteiger partial charge in [0.25, 0.3) is 0 Å². The number of halogens is 2. The lowest BCUT2D eigenvalue weighted by atomic mass is 10.2. The fourth-order valence-electron chi connectivity index (χ4n) is 1.05. The Bertz CT molecular complexity index is 421. The van der Waals surface area contributed by atoms with Crippen LogP contribution in [-0.2, 0) is 16.1 Å². The van der Waals surface area contributed by atoms with Crippen molar-refractivity contribution < 1.29 is 9.53 Å². The van der Waals surface area contributed by atoms with Crippen LogP contribution in [0.4, 0.5) is 0 Å². The third-order valence-corrected chi connectivity index (χ3v) is 4.16. The molecule has 0 aliphatic heterocycles. The van der Waals surface area contributed by atoms with Crippen LogP contribution in [0, 0.1) is 0 Å². The lowest BCUT2D eigenvalue weighted by Crippen LogP contribution is -2.04. The number of ether oxygens (including phenoxy) is 1. The Labute approximate surface area is 127 Å². The van der Waals surface area contributed by atoms with E-state index >= 15 is 0 Å². The maximum Gasteiger partial charge on any atom is 0.346 e. The van der Waals surface area contributed by atoms with Gasteiger partial charge in [-0.05, 0) is 39.0 Å². The average Bonchev–Trinajstić information content (AvgIpc) is 2.38. The number of rotatable bonds is 6. The number of hydrogen-bond donors (Lipinski definition) is 1. The molecular formula is C12H13Br2NO2S. The van der Waals surface area contributed by atoms with E-state index in [0.29, 0.717) is 11.0 Å². The lowest BCUT2D eigenvalue weighted by molar-refractivity contribution is -0.139. The van der Waals surface area contributed by atoms with Crippen LogP contribution in [0.3, 0.4) is 0 Å². The van der Waals surface area contributed by atoms with Gasteiger partial charge >= 0.3 is 5.97 Å². The highest BCUT2D eigenvalue weighted by Crippen LogP contribution is 2.16. The molecule has 1 rings (SSSR count). The second kappa shape index (κ2) is 8.74. The summed E-state index contributed by atoms with van der Waals surface area (Å²) in [6, 6.07) is 7.62. The molecule has 0 saturated carbocycles. The molecule has 0 aliphatic carbocycles. The third-order valence-electron chi connectivity index (χ3n) is 1.90. The van der Waals surface area contributed by atoms with E-state index in [-0.39, 0.29) is 12.6 Å². The van der Waals surface area contributed by atoms with Crippen molar-refractivity contribution in [3.05, 3.63) is 44.2 Å². The van der Waals surface area contributed by atoms with Crippen molar-refractivity contribution in [3.8, 4) is 0 Å². The summed E-state index contributed by atoms with van der Waals surface area (Å²) in [4.78, 5) is 11.6. The summed E-state index contributed by atoms with van der Waals surface area (Å²) < 4.78 is 6.56. The van der Waals surface area contributed by atoms with Gasteiger partial charge in [0.05, 0.1) is 0 Å². The molecule has 6 heteroatoms. The second-order valence-corrected chi connectivity index (χ2v) is 6.08. The summed E-state index contributed by atoms with van der Waals surface area (Å²) in [5, 5.41) is 1.71. The van der Waals surface area contributed by atoms with Gasteiger partial charge in [0.2, 0.25) is 0 Å². The molecule has 2 N–H and O–H groups in total. The molecule has 1 aromatic rings. The van der Waals surface area contributed by atoms with Crippen molar-refractivity contribution in [1.82, 2.24) is 0 Å². The van der Waals surface area contributed by atoms with Crippen molar-refractivity contribution in [2.45, 2.75) is 6.61 Å². The van der Waals surface area contributed by atoms with Crippen LogP contribution in [0.25, 0.3) is 0 Å². The lowest BCUT2D eigenvalue weighted by Gasteiger charge is -2.04. The summed E-state index contributed by atoms with van der Waals surface area (Å²) >= 11 is 8.00. The largest absolute Gasteiger partial charge is 0.457 e. The van der Waals surface area contributed by atoms with E-state index in [1.165, 1.54) is 11.8 Å². The van der Waals surface area contributed by atoms with Gasteiger partial charge in [-0.25, -0.2) is 4.79 Å². The highest BCUT2D eigenvalue weighted by atomic mass is 79.9. The molecule has 0 atom stereocenters. The number of esters is 1. The smallest absolute Gasteiger partial charge is 0.346 e. The predicted octanol–water partition coefficient (Wildman–Crippen LogP) is 3.42. The summed E-state index contributed by atoms with van der Waals surface area (Å²) in [6.07, 6.45) is 0. The number of thioether (sulfide) groups is 1. The quantitative estimate of drug-likeness (QED) is 0.456. The highest BCUT2D eigenvalue weighted by Gasteiger charge is 2.07. The first-order valence-corrected chi connectivity index (χ1v) is 7.86. The number of nitrogens with two attached hydrogens (primary N) is 1. The first-order chi connectivity index (χ1) is 8.63. The second-order valence-electron chi connectivity index (χ2n) is 3.33. The summed E-state index contributed by atoms with van der Waals surface area (Å²) in [7, 11) is 0. The Hall–Kier alpha value is -0.300. The normalized spacial score (nSPS) is 11.4. The van der Waals surface area contributed by atoms with E-state index in [2.05, 4.69) is 31.9 Å². The van der Waals surface area contributed by atoms with Gasteiger partial charge in [-0.15, -0.1) is 11.8 Å². The van der Waals surface area contributed by atoms with E-state index < -0.39 is 0 Å². The van der Waals surface area contributed by atoms with Crippen LogP contribution in [-0.4, -0.2) is 18.3 Å². The minimum atomic E-state index is -0.373. The SMILES string of the molecule is NCCSC=C(Br)C(=O)OCc1ccc(Br)cc1. The molecule has 0 aliphatic rings. The van der Waals surface area contributed by atoms with E-state index in [1.54, 1.807) is 5.41 Å². The van der Waals surface area contributed by atoms with Gasteiger partial charge in [-0.3, -0.25) is 0 Å². The number of benzene rings is 1. The zero-order valence-electron chi connectivity index (χ0n) is 9.57. The Balaban J connectivity index is 2.40. The van der Waals surface area contributed by atoms with Crippen molar-refractivity contribution in [3.63, 3.8) is 0 Å². The van der Waals surface area contributed by atoms with Crippen molar-refractivity contribution in [1.29, 1.82) is 0 Å². The standard InChI is InChI=1S/C12H13Br2NO2S/c13-10-3-1-9(2-4-10)7-17-12(16)11(14)8-18-6-5-15/h1-4,8H,5-7,15H2. The van der Waals surface area contributed by atoms with Crippen LogP contribution in [0.1, 0.15) is 5.56 Å². The summed E-state index contributed by atoms with van der Waals surface area (Å²) in [5.41, 5.74) is 6.30. The first kappa shape index (κ1) is 15.8. The Morgan fingerprint density at radius 1 is 1.39 bits per heavy atom. The van der Waals surface area contributed by atoms with E-state index in [1.807, 2.05) is 24.3 Å². The molecular weight excluding hydrogens is 382 g/mol. The van der Waals surface area contributed by atoms with E-state index in [4.69, 9.17) is 10.5 Å². The molecule has 0 aromatic heterocycles. The maximum atomic E-state index is 11.6. The topological polar surface area (TPSA) is 52.3 Å². The summed E-state index contributed by atoms with van der Waals surface area (Å²) in [6.45, 7) is 0.839. The van der Waals surface area contributed by atoms with Gasteiger partial charge < -0.3 is 10.5 Å². The van der Waals surface area contributed by atoms with E-state index in [9.17, 15) is 4.79 Å². The average molecular weight is 395 g/mol. The third kappa shape index (κ3) is 6.04. The highest BCUT2D eigenvalue weighted by molar-refractivity contribution is 9.12. The Kier molecular flexibility index (Phi) is 7.65. The molecule has 0 fully saturated rings. The van der Waals surface area contributed by atoms with Crippen LogP contribution < -0.4 is 5.73 Å². The predicted molar refractivity (Wildman–Crippen MR) is 82.5 cm³/mol. The molecule has 1 aromatic carbocycles. The van der Waals surface area contributed by atoms with Crippen molar-refractivity contribution in [2.75, 3.05) is 12.3 Å². The van der Waals surface area contributed by atoms with Gasteiger partial charge in [-0.2, -0.15) is 0 Å². The van der Waals surface area contributed by atoms with Crippen LogP contribution >= 0.6 is 43.6 Å². The fourth-order valence-corrected chi connectivity index (χ4v) is 2.32. The first-order valence-electron chi connectivity index (χ1n) is 5.22. The molecule has 0 bridgehead atoms. The molecule has 0 spiro atoms. The Morgan fingerprint density at radius 2 is 2.06 bits per heavy atom. The number of carbonyl (C=O) groups excluding carboxylic acids is 1. The molecule has 0 heterocycles. The van der Waals surface area contributed by atoms with Gasteiger partial charge in [0.1, 0.15) is 11.1 Å². The van der Waals surface area contributed by atoms with Gasteiger partial charge in [0, 0.05) is 16.8 Å². The molecule has 0 amide bonds. The van der Waals surface area contributed by atoms with Gasteiger partial charge in [0.15, 0.2) is 0 Å².